The van der Waals surface area contributed by atoms with Crippen LogP contribution in [0.4, 0.5) is 0 Å². The van der Waals surface area contributed by atoms with Crippen LogP contribution in [0.5, 0.6) is 0 Å². The van der Waals surface area contributed by atoms with Gasteiger partial charge in [0, 0.05) is 19.1 Å². The van der Waals surface area contributed by atoms with Gasteiger partial charge in [0.2, 0.25) is 0 Å². The van der Waals surface area contributed by atoms with Crippen molar-refractivity contribution in [3.05, 3.63) is 0 Å². The first-order valence-electron chi connectivity index (χ1n) is 5.26. The molecule has 14 heavy (non-hydrogen) atoms. The lowest BCUT2D eigenvalue weighted by atomic mass is 10.0. The summed E-state index contributed by atoms with van der Waals surface area (Å²) in [5.74, 6) is 0.390. The van der Waals surface area contributed by atoms with Crippen molar-refractivity contribution in [3.63, 3.8) is 0 Å². The van der Waals surface area contributed by atoms with Crippen molar-refractivity contribution < 1.29 is 14.6 Å². The Morgan fingerprint density at radius 2 is 2.29 bits per heavy atom. The van der Waals surface area contributed by atoms with Gasteiger partial charge in [-0.05, 0) is 20.3 Å². The van der Waals surface area contributed by atoms with Gasteiger partial charge >= 0.3 is 0 Å². The van der Waals surface area contributed by atoms with E-state index in [0.29, 0.717) is 12.5 Å². The zero-order valence-electron chi connectivity index (χ0n) is 8.98. The maximum atomic E-state index is 9.31. The summed E-state index contributed by atoms with van der Waals surface area (Å²) >= 11 is 0. The van der Waals surface area contributed by atoms with E-state index in [4.69, 9.17) is 15.2 Å². The molecule has 1 rings (SSSR count). The first-order chi connectivity index (χ1) is 6.65. The normalized spacial score (nSPS) is 28.7. The second-order valence-corrected chi connectivity index (χ2v) is 3.98. The molecule has 0 aromatic carbocycles. The molecule has 0 spiro atoms. The molecule has 1 saturated heterocycles. The standard InChI is InChI=1S/C10H21NO3/c1-7(12)8(2)14-10(5-11)9-3-4-13-6-9/h7-10,12H,3-6,11H2,1-2H3. The monoisotopic (exact) mass is 203 g/mol. The summed E-state index contributed by atoms with van der Waals surface area (Å²) in [4.78, 5) is 0. The number of hydrogen-bond acceptors (Lipinski definition) is 4. The predicted molar refractivity (Wildman–Crippen MR) is 54.0 cm³/mol. The Labute approximate surface area is 85.4 Å². The van der Waals surface area contributed by atoms with E-state index < -0.39 is 6.10 Å². The fourth-order valence-corrected chi connectivity index (χ4v) is 1.59. The smallest absolute Gasteiger partial charge is 0.0807 e. The number of hydrogen-bond donors (Lipinski definition) is 2. The molecule has 1 fully saturated rings. The van der Waals surface area contributed by atoms with Crippen LogP contribution in [0, 0.1) is 5.92 Å². The van der Waals surface area contributed by atoms with E-state index in [2.05, 4.69) is 0 Å². The number of aliphatic hydroxyl groups excluding tert-OH is 1. The van der Waals surface area contributed by atoms with Crippen LogP contribution in [0.1, 0.15) is 20.3 Å². The average molecular weight is 203 g/mol. The van der Waals surface area contributed by atoms with Crippen LogP contribution in [0.25, 0.3) is 0 Å². The highest BCUT2D eigenvalue weighted by Crippen LogP contribution is 2.20. The van der Waals surface area contributed by atoms with E-state index in [9.17, 15) is 5.11 Å². The fraction of sp³-hybridized carbons (Fsp3) is 1.00. The molecule has 0 radical (unpaired) electrons. The lowest BCUT2D eigenvalue weighted by Crippen LogP contribution is -2.38. The van der Waals surface area contributed by atoms with Crippen LogP contribution in [-0.2, 0) is 9.47 Å². The Kier molecular flexibility index (Phi) is 4.81. The van der Waals surface area contributed by atoms with Gasteiger partial charge in [-0.25, -0.2) is 0 Å². The fourth-order valence-electron chi connectivity index (χ4n) is 1.59. The number of nitrogens with two attached hydrogens (primary N) is 1. The minimum absolute atomic E-state index is 0.0158. The van der Waals surface area contributed by atoms with Crippen molar-refractivity contribution in [1.29, 1.82) is 0 Å². The highest BCUT2D eigenvalue weighted by atomic mass is 16.5. The van der Waals surface area contributed by atoms with Crippen molar-refractivity contribution in [2.75, 3.05) is 19.8 Å². The van der Waals surface area contributed by atoms with Crippen LogP contribution in [0.3, 0.4) is 0 Å². The van der Waals surface area contributed by atoms with Crippen LogP contribution >= 0.6 is 0 Å². The molecule has 4 nitrogen and oxygen atoms in total. The Morgan fingerprint density at radius 1 is 1.57 bits per heavy atom. The largest absolute Gasteiger partial charge is 0.391 e. The Balaban J connectivity index is 2.37. The second-order valence-electron chi connectivity index (χ2n) is 3.98. The molecular formula is C10H21NO3. The highest BCUT2D eigenvalue weighted by molar-refractivity contribution is 4.76. The molecule has 1 aliphatic heterocycles. The van der Waals surface area contributed by atoms with E-state index in [1.54, 1.807) is 6.92 Å². The van der Waals surface area contributed by atoms with E-state index in [-0.39, 0.29) is 12.2 Å². The lowest BCUT2D eigenvalue weighted by Gasteiger charge is -2.26. The molecule has 84 valence electrons. The van der Waals surface area contributed by atoms with Crippen LogP contribution in [0.2, 0.25) is 0 Å². The van der Waals surface area contributed by atoms with E-state index in [1.807, 2.05) is 6.92 Å². The summed E-state index contributed by atoms with van der Waals surface area (Å²) < 4.78 is 11.0. The summed E-state index contributed by atoms with van der Waals surface area (Å²) in [6, 6.07) is 0. The molecule has 0 aromatic rings. The Hall–Kier alpha value is -0.160. The topological polar surface area (TPSA) is 64.7 Å². The van der Waals surface area contributed by atoms with Crippen molar-refractivity contribution in [3.8, 4) is 0 Å². The molecular weight excluding hydrogens is 182 g/mol. The third kappa shape index (κ3) is 3.20. The van der Waals surface area contributed by atoms with Gasteiger partial charge in [-0.1, -0.05) is 0 Å². The quantitative estimate of drug-likeness (QED) is 0.667. The number of aliphatic hydroxyl groups is 1. The third-order valence-electron chi connectivity index (χ3n) is 2.79. The first-order valence-corrected chi connectivity index (χ1v) is 5.26. The maximum Gasteiger partial charge on any atom is 0.0807 e. The summed E-state index contributed by atoms with van der Waals surface area (Å²) in [6.45, 7) is 5.61. The first kappa shape index (κ1) is 11.9. The van der Waals surface area contributed by atoms with Gasteiger partial charge in [-0.2, -0.15) is 0 Å². The van der Waals surface area contributed by atoms with Crippen molar-refractivity contribution in [1.82, 2.24) is 0 Å². The second kappa shape index (κ2) is 5.66. The Bertz CT molecular complexity index is 157. The van der Waals surface area contributed by atoms with Crippen LogP contribution in [0.15, 0.2) is 0 Å². The van der Waals surface area contributed by atoms with Gasteiger partial charge in [0.15, 0.2) is 0 Å². The molecule has 3 N–H and O–H groups in total. The van der Waals surface area contributed by atoms with Gasteiger partial charge in [-0.15, -0.1) is 0 Å². The summed E-state index contributed by atoms with van der Waals surface area (Å²) in [6.07, 6.45) is 0.409. The van der Waals surface area contributed by atoms with Gasteiger partial charge in [-0.3, -0.25) is 0 Å². The molecule has 4 atom stereocenters. The van der Waals surface area contributed by atoms with Crippen molar-refractivity contribution >= 4 is 0 Å². The minimum Gasteiger partial charge on any atom is -0.391 e. The van der Waals surface area contributed by atoms with Crippen LogP contribution < -0.4 is 5.73 Å². The van der Waals surface area contributed by atoms with E-state index in [1.165, 1.54) is 0 Å². The van der Waals surface area contributed by atoms with E-state index >= 15 is 0 Å². The SMILES string of the molecule is CC(O)C(C)OC(CN)C1CCOC1. The molecule has 0 saturated carbocycles. The predicted octanol–water partition coefficient (Wildman–Crippen LogP) is 0.136. The molecule has 0 amide bonds. The molecule has 1 heterocycles. The van der Waals surface area contributed by atoms with Gasteiger partial charge < -0.3 is 20.3 Å². The maximum absolute atomic E-state index is 9.31. The lowest BCUT2D eigenvalue weighted by molar-refractivity contribution is -0.0784. The van der Waals surface area contributed by atoms with Crippen molar-refractivity contribution in [2.45, 2.75) is 38.6 Å². The minimum atomic E-state index is -0.452. The average Bonchev–Trinajstić information content (AvgIpc) is 2.66. The van der Waals surface area contributed by atoms with Crippen molar-refractivity contribution in [2.24, 2.45) is 11.7 Å². The molecule has 4 heteroatoms. The van der Waals surface area contributed by atoms with Gasteiger partial charge in [0.1, 0.15) is 0 Å². The number of ether oxygens (including phenoxy) is 2. The highest BCUT2D eigenvalue weighted by Gasteiger charge is 2.27. The van der Waals surface area contributed by atoms with Crippen LogP contribution in [-0.4, -0.2) is 43.2 Å². The van der Waals surface area contributed by atoms with Gasteiger partial charge in [0.05, 0.1) is 24.9 Å². The van der Waals surface area contributed by atoms with E-state index in [0.717, 1.165) is 19.6 Å². The third-order valence-corrected chi connectivity index (χ3v) is 2.79. The summed E-state index contributed by atoms with van der Waals surface area (Å²) in [5, 5.41) is 9.31. The molecule has 4 unspecified atom stereocenters. The molecule has 0 aliphatic carbocycles. The molecule has 1 aliphatic rings. The summed E-state index contributed by atoms with van der Waals surface area (Å²) in [5.41, 5.74) is 5.64. The zero-order valence-corrected chi connectivity index (χ0v) is 8.98. The zero-order chi connectivity index (χ0) is 10.6. The molecule has 0 bridgehead atoms. The molecule has 0 aromatic heterocycles. The number of rotatable bonds is 5. The summed E-state index contributed by atoms with van der Waals surface area (Å²) in [7, 11) is 0. The Morgan fingerprint density at radius 3 is 2.71 bits per heavy atom. The van der Waals surface area contributed by atoms with Gasteiger partial charge in [0.25, 0.3) is 0 Å².